The molecule has 0 saturated carbocycles. The van der Waals surface area contributed by atoms with Crippen LogP contribution in [0.1, 0.15) is 6.92 Å². The Hall–Kier alpha value is -3.92. The molecule has 2 aromatic carbocycles. The molecular weight excluding hydrogens is 378 g/mol. The van der Waals surface area contributed by atoms with Crippen molar-refractivity contribution in [3.63, 3.8) is 0 Å². The minimum atomic E-state index is -0.712. The van der Waals surface area contributed by atoms with E-state index in [2.05, 4.69) is 25.8 Å². The number of aromatic nitrogens is 2. The molecule has 150 valence electrons. The van der Waals surface area contributed by atoms with Crippen molar-refractivity contribution >= 4 is 39.8 Å². The molecular formula is C19H19N5O5. The van der Waals surface area contributed by atoms with E-state index in [0.717, 1.165) is 0 Å². The van der Waals surface area contributed by atoms with Crippen LogP contribution >= 0.6 is 0 Å². The summed E-state index contributed by atoms with van der Waals surface area (Å²) in [5, 5.41) is 15.4. The Bertz CT molecular complexity index is 1130. The van der Waals surface area contributed by atoms with Crippen molar-refractivity contribution in [2.75, 3.05) is 24.0 Å². The molecule has 3 rings (SSSR count). The quantitative estimate of drug-likeness (QED) is 0.219. The zero-order valence-electron chi connectivity index (χ0n) is 15.5. The minimum Gasteiger partial charge on any atom is -0.489 e. The lowest BCUT2D eigenvalue weighted by Gasteiger charge is -2.11. The zero-order chi connectivity index (χ0) is 20.8. The van der Waals surface area contributed by atoms with Gasteiger partial charge >= 0.3 is 5.69 Å². The molecule has 0 spiro atoms. The fourth-order valence-electron chi connectivity index (χ4n) is 2.55. The van der Waals surface area contributed by atoms with Crippen LogP contribution in [0.15, 0.2) is 52.4 Å². The first kappa shape index (κ1) is 19.8. The molecule has 0 aliphatic carbocycles. The Balaban J connectivity index is 1.78. The number of amides is 1. The van der Waals surface area contributed by atoms with Crippen molar-refractivity contribution < 1.29 is 19.4 Å². The number of aliphatic hydroxyl groups excluding tert-OH is 1. The number of anilines is 2. The summed E-state index contributed by atoms with van der Waals surface area (Å²) in [6, 6.07) is 11.6. The number of H-pyrrole nitrogens is 2. The van der Waals surface area contributed by atoms with E-state index >= 15 is 0 Å². The molecule has 0 unspecified atom stereocenters. The number of ether oxygens (including phenoxy) is 1. The van der Waals surface area contributed by atoms with Crippen LogP contribution < -0.4 is 21.2 Å². The van der Waals surface area contributed by atoms with Crippen LogP contribution in [0.5, 0.6) is 5.75 Å². The van der Waals surface area contributed by atoms with E-state index in [-0.39, 0.29) is 24.6 Å². The fraction of sp³-hybridized carbons (Fsp3) is 0.158. The van der Waals surface area contributed by atoms with E-state index in [9.17, 15) is 14.4 Å². The van der Waals surface area contributed by atoms with Crippen molar-refractivity contribution in [2.24, 2.45) is 5.10 Å². The van der Waals surface area contributed by atoms with Crippen LogP contribution in [0, 0.1) is 0 Å². The van der Waals surface area contributed by atoms with Crippen LogP contribution in [0.4, 0.5) is 11.4 Å². The highest BCUT2D eigenvalue weighted by Gasteiger charge is 2.18. The number of Topliss-reactive ketones (excluding diaryl/α,β-unsaturated/α-hetero) is 1. The van der Waals surface area contributed by atoms with Crippen LogP contribution in [-0.2, 0) is 9.59 Å². The molecule has 1 amide bonds. The predicted octanol–water partition coefficient (Wildman–Crippen LogP) is 1.22. The molecule has 1 aromatic heterocycles. The summed E-state index contributed by atoms with van der Waals surface area (Å²) < 4.78 is 5.38. The maximum Gasteiger partial charge on any atom is 0.323 e. The Morgan fingerprint density at radius 3 is 2.66 bits per heavy atom. The maximum absolute atomic E-state index is 12.5. The van der Waals surface area contributed by atoms with Gasteiger partial charge in [-0.05, 0) is 30.3 Å². The van der Waals surface area contributed by atoms with Gasteiger partial charge in [-0.3, -0.25) is 15.0 Å². The summed E-state index contributed by atoms with van der Waals surface area (Å²) in [6.07, 6.45) is 0. The summed E-state index contributed by atoms with van der Waals surface area (Å²) >= 11 is 0. The zero-order valence-corrected chi connectivity index (χ0v) is 15.5. The van der Waals surface area contributed by atoms with Gasteiger partial charge in [-0.15, -0.1) is 0 Å². The first-order valence-electron chi connectivity index (χ1n) is 8.68. The number of aliphatic hydroxyl groups is 1. The number of nitrogens with one attached hydrogen (secondary N) is 4. The van der Waals surface area contributed by atoms with Crippen LogP contribution in [0.2, 0.25) is 0 Å². The van der Waals surface area contributed by atoms with Gasteiger partial charge in [-0.1, -0.05) is 12.1 Å². The number of hydrazone groups is 1. The molecule has 0 fully saturated rings. The summed E-state index contributed by atoms with van der Waals surface area (Å²) in [5.74, 6) is -0.841. The maximum atomic E-state index is 12.5. The highest BCUT2D eigenvalue weighted by Crippen LogP contribution is 2.23. The smallest absolute Gasteiger partial charge is 0.323 e. The second kappa shape index (κ2) is 8.85. The van der Waals surface area contributed by atoms with E-state index in [4.69, 9.17) is 9.84 Å². The number of carbonyl (C=O) groups is 2. The van der Waals surface area contributed by atoms with Gasteiger partial charge in [0.2, 0.25) is 0 Å². The van der Waals surface area contributed by atoms with E-state index in [1.165, 1.54) is 6.92 Å². The summed E-state index contributed by atoms with van der Waals surface area (Å²) in [4.78, 5) is 41.0. The average molecular weight is 397 g/mol. The number of hydrogen-bond donors (Lipinski definition) is 5. The second-order valence-corrected chi connectivity index (χ2v) is 5.99. The molecule has 1 heterocycles. The predicted molar refractivity (Wildman–Crippen MR) is 108 cm³/mol. The van der Waals surface area contributed by atoms with Crippen molar-refractivity contribution in [3.05, 3.63) is 52.9 Å². The van der Waals surface area contributed by atoms with E-state index in [1.807, 2.05) is 0 Å². The number of nitrogens with zero attached hydrogens (tertiary/aromatic N) is 1. The van der Waals surface area contributed by atoms with E-state index in [1.54, 1.807) is 42.5 Å². The van der Waals surface area contributed by atoms with Crippen LogP contribution in [0.3, 0.4) is 0 Å². The highest BCUT2D eigenvalue weighted by atomic mass is 16.5. The van der Waals surface area contributed by atoms with Crippen molar-refractivity contribution in [1.29, 1.82) is 0 Å². The Labute approximate surface area is 164 Å². The fourth-order valence-corrected chi connectivity index (χ4v) is 2.55. The van der Waals surface area contributed by atoms with Gasteiger partial charge in [0.05, 0.1) is 23.3 Å². The number of benzene rings is 2. The molecule has 3 aromatic rings. The molecule has 0 atom stereocenters. The van der Waals surface area contributed by atoms with Crippen molar-refractivity contribution in [2.45, 2.75) is 6.92 Å². The Kier molecular flexibility index (Phi) is 6.05. The summed E-state index contributed by atoms with van der Waals surface area (Å²) in [6.45, 7) is 1.16. The number of imidazole rings is 1. The van der Waals surface area contributed by atoms with Crippen LogP contribution in [0.25, 0.3) is 11.0 Å². The van der Waals surface area contributed by atoms with Gasteiger partial charge in [0.1, 0.15) is 12.4 Å². The minimum absolute atomic E-state index is 0.0895. The molecule has 10 nitrogen and oxygen atoms in total. The standard InChI is InChI=1S/C19H19N5O5/c1-11(26)17(24-23-14-4-2-3-5-16(14)29-9-8-25)18(27)20-12-6-7-13-15(10-12)22-19(28)21-13/h2-7,10,23,25H,8-9H2,1H3,(H,20,27)(H2,21,22,28)/b24-17-. The molecule has 0 radical (unpaired) electrons. The van der Waals surface area contributed by atoms with Gasteiger partial charge < -0.3 is 25.1 Å². The SMILES string of the molecule is CC(=O)/C(=N/Nc1ccccc1OCCO)C(=O)Nc1ccc2[nH]c(=O)[nH]c2c1. The molecule has 0 saturated heterocycles. The third-order valence-corrected chi connectivity index (χ3v) is 3.85. The number of para-hydroxylation sites is 2. The summed E-state index contributed by atoms with van der Waals surface area (Å²) in [7, 11) is 0. The number of rotatable bonds is 8. The summed E-state index contributed by atoms with van der Waals surface area (Å²) in [5.41, 5.74) is 3.87. The van der Waals surface area contributed by atoms with Gasteiger partial charge in [0.15, 0.2) is 11.5 Å². The van der Waals surface area contributed by atoms with E-state index in [0.29, 0.717) is 28.2 Å². The molecule has 0 bridgehead atoms. The topological polar surface area (TPSA) is 149 Å². The lowest BCUT2D eigenvalue weighted by atomic mass is 10.2. The monoisotopic (exact) mass is 397 g/mol. The third-order valence-electron chi connectivity index (χ3n) is 3.85. The molecule has 10 heteroatoms. The normalized spacial score (nSPS) is 11.3. The largest absolute Gasteiger partial charge is 0.489 e. The lowest BCUT2D eigenvalue weighted by molar-refractivity contribution is -0.114. The number of aromatic amines is 2. The highest BCUT2D eigenvalue weighted by molar-refractivity contribution is 6.67. The first-order chi connectivity index (χ1) is 14.0. The van der Waals surface area contributed by atoms with Crippen molar-refractivity contribution in [1.82, 2.24) is 9.97 Å². The van der Waals surface area contributed by atoms with Gasteiger partial charge in [0, 0.05) is 12.6 Å². The molecule has 5 N–H and O–H groups in total. The number of carbonyl (C=O) groups excluding carboxylic acids is 2. The Morgan fingerprint density at radius 1 is 1.14 bits per heavy atom. The average Bonchev–Trinajstić information content (AvgIpc) is 3.06. The van der Waals surface area contributed by atoms with Crippen molar-refractivity contribution in [3.8, 4) is 5.75 Å². The molecule has 0 aliphatic heterocycles. The number of ketones is 1. The second-order valence-electron chi connectivity index (χ2n) is 5.99. The number of fused-ring (bicyclic) bond motifs is 1. The van der Waals surface area contributed by atoms with Gasteiger partial charge in [-0.2, -0.15) is 5.10 Å². The van der Waals surface area contributed by atoms with Crippen LogP contribution in [-0.4, -0.2) is 45.7 Å². The third kappa shape index (κ3) is 4.87. The number of hydrogen-bond acceptors (Lipinski definition) is 7. The molecule has 0 aliphatic rings. The molecule has 29 heavy (non-hydrogen) atoms. The Morgan fingerprint density at radius 2 is 1.90 bits per heavy atom. The van der Waals surface area contributed by atoms with Gasteiger partial charge in [-0.25, -0.2) is 4.79 Å². The first-order valence-corrected chi connectivity index (χ1v) is 8.68. The van der Waals surface area contributed by atoms with E-state index < -0.39 is 11.7 Å². The van der Waals surface area contributed by atoms with Gasteiger partial charge in [0.25, 0.3) is 5.91 Å². The lowest BCUT2D eigenvalue weighted by Crippen LogP contribution is -2.29.